The molecule has 0 amide bonds. The lowest BCUT2D eigenvalue weighted by Crippen LogP contribution is -2.67. The molecule has 0 heterocycles. The second-order valence-corrected chi connectivity index (χ2v) is 8.91. The first-order chi connectivity index (χ1) is 9.59. The van der Waals surface area contributed by atoms with E-state index in [9.17, 15) is 22.3 Å². The molecule has 0 saturated heterocycles. The lowest BCUT2D eigenvalue weighted by atomic mass is 9.34. The van der Waals surface area contributed by atoms with E-state index in [-0.39, 0.29) is 17.9 Å². The van der Waals surface area contributed by atoms with Crippen molar-refractivity contribution in [1.82, 2.24) is 0 Å². The Morgan fingerprint density at radius 2 is 2.00 bits per heavy atom. The number of rotatable bonds is 5. The van der Waals surface area contributed by atoms with Crippen molar-refractivity contribution in [2.75, 3.05) is 13.2 Å². The van der Waals surface area contributed by atoms with Crippen LogP contribution < -0.4 is 0 Å². The molecular formula is C13H18F2O5S. The molecule has 1 spiro atoms. The summed E-state index contributed by atoms with van der Waals surface area (Å²) in [5.41, 5.74) is -0.356. The maximum atomic E-state index is 13.1. The van der Waals surface area contributed by atoms with E-state index in [4.69, 9.17) is 9.29 Å². The third-order valence-electron chi connectivity index (χ3n) is 6.53. The molecule has 4 rings (SSSR count). The Labute approximate surface area is 121 Å². The van der Waals surface area contributed by atoms with E-state index < -0.39 is 27.6 Å². The van der Waals surface area contributed by atoms with Gasteiger partial charge < -0.3 is 9.84 Å². The van der Waals surface area contributed by atoms with Gasteiger partial charge in [-0.05, 0) is 54.8 Å². The Hall–Kier alpha value is -0.310. The van der Waals surface area contributed by atoms with Gasteiger partial charge in [0.05, 0.1) is 12.2 Å². The Morgan fingerprint density at radius 1 is 1.29 bits per heavy atom. The predicted molar refractivity (Wildman–Crippen MR) is 67.1 cm³/mol. The quantitative estimate of drug-likeness (QED) is 0.744. The molecule has 5 nitrogen and oxygen atoms in total. The Kier molecular flexibility index (Phi) is 2.57. The van der Waals surface area contributed by atoms with E-state index in [2.05, 4.69) is 0 Å². The fraction of sp³-hybridized carbons (Fsp3) is 1.00. The summed E-state index contributed by atoms with van der Waals surface area (Å²) in [6.45, 7) is -1.24. The van der Waals surface area contributed by atoms with Crippen LogP contribution in [0.1, 0.15) is 25.7 Å². The third-order valence-corrected chi connectivity index (χ3v) is 7.40. The lowest BCUT2D eigenvalue weighted by Gasteiger charge is -2.70. The van der Waals surface area contributed by atoms with Crippen LogP contribution in [0.25, 0.3) is 0 Å². The zero-order chi connectivity index (χ0) is 15.3. The van der Waals surface area contributed by atoms with Gasteiger partial charge in [-0.25, -0.2) is 0 Å². The highest BCUT2D eigenvalue weighted by Gasteiger charge is 2.80. The first-order valence-corrected chi connectivity index (χ1v) is 8.68. The maximum Gasteiger partial charge on any atom is 0.392 e. The van der Waals surface area contributed by atoms with Crippen molar-refractivity contribution in [2.24, 2.45) is 29.1 Å². The van der Waals surface area contributed by atoms with Crippen LogP contribution in [0, 0.1) is 29.1 Å². The van der Waals surface area contributed by atoms with E-state index in [0.717, 1.165) is 19.3 Å². The Bertz CT molecular complexity index is 593. The van der Waals surface area contributed by atoms with Gasteiger partial charge in [0.15, 0.2) is 0 Å². The van der Waals surface area contributed by atoms with E-state index in [0.29, 0.717) is 24.2 Å². The van der Waals surface area contributed by atoms with E-state index in [1.165, 1.54) is 0 Å². The summed E-state index contributed by atoms with van der Waals surface area (Å²) in [5.74, 6) is 1.44. The molecule has 21 heavy (non-hydrogen) atoms. The van der Waals surface area contributed by atoms with Crippen molar-refractivity contribution in [3.05, 3.63) is 0 Å². The van der Waals surface area contributed by atoms with Crippen molar-refractivity contribution in [1.29, 1.82) is 0 Å². The maximum absolute atomic E-state index is 13.1. The van der Waals surface area contributed by atoms with E-state index >= 15 is 0 Å². The highest BCUT2D eigenvalue weighted by Crippen LogP contribution is 2.83. The zero-order valence-electron chi connectivity index (χ0n) is 11.3. The van der Waals surface area contributed by atoms with Gasteiger partial charge in [0.25, 0.3) is 0 Å². The van der Waals surface area contributed by atoms with Crippen molar-refractivity contribution in [3.8, 4) is 0 Å². The number of hydrogen-bond acceptors (Lipinski definition) is 4. The van der Waals surface area contributed by atoms with Gasteiger partial charge in [0.2, 0.25) is 0 Å². The Balaban J connectivity index is 1.37. The molecule has 8 heteroatoms. The van der Waals surface area contributed by atoms with Crippen LogP contribution in [0.2, 0.25) is 0 Å². The van der Waals surface area contributed by atoms with Crippen LogP contribution >= 0.6 is 0 Å². The monoisotopic (exact) mass is 324 g/mol. The molecule has 0 aromatic rings. The second kappa shape index (κ2) is 3.77. The van der Waals surface area contributed by atoms with Crippen molar-refractivity contribution in [3.63, 3.8) is 0 Å². The van der Waals surface area contributed by atoms with Gasteiger partial charge in [-0.3, -0.25) is 4.55 Å². The number of hydrogen-bond donors (Lipinski definition) is 2. The van der Waals surface area contributed by atoms with Crippen LogP contribution in [-0.4, -0.2) is 42.1 Å². The van der Waals surface area contributed by atoms with Crippen molar-refractivity contribution < 1.29 is 31.6 Å². The highest BCUT2D eigenvalue weighted by molar-refractivity contribution is 7.86. The molecule has 120 valence electrons. The minimum atomic E-state index is -5.43. The molecular weight excluding hydrogens is 306 g/mol. The van der Waals surface area contributed by atoms with Gasteiger partial charge in [0.1, 0.15) is 6.61 Å². The van der Waals surface area contributed by atoms with Crippen molar-refractivity contribution >= 4 is 10.1 Å². The smallest absolute Gasteiger partial charge is 0.390 e. The molecule has 4 aliphatic rings. The fourth-order valence-corrected chi connectivity index (χ4v) is 6.14. The van der Waals surface area contributed by atoms with Crippen LogP contribution in [-0.2, 0) is 14.9 Å². The van der Waals surface area contributed by atoms with Gasteiger partial charge in [0, 0.05) is 0 Å². The molecule has 4 aliphatic carbocycles. The number of halogens is 2. The molecule has 4 saturated carbocycles. The van der Waals surface area contributed by atoms with Gasteiger partial charge in [-0.2, -0.15) is 17.2 Å². The van der Waals surface area contributed by atoms with E-state index in [1.807, 2.05) is 0 Å². The Morgan fingerprint density at radius 3 is 2.62 bits per heavy atom. The molecule has 0 aromatic heterocycles. The number of alkyl halides is 2. The molecule has 0 aliphatic heterocycles. The molecule has 4 fully saturated rings. The summed E-state index contributed by atoms with van der Waals surface area (Å²) in [6, 6.07) is 0. The van der Waals surface area contributed by atoms with Crippen LogP contribution in [0.4, 0.5) is 8.78 Å². The molecule has 6 atom stereocenters. The van der Waals surface area contributed by atoms with Crippen molar-refractivity contribution in [2.45, 2.75) is 36.5 Å². The zero-order valence-corrected chi connectivity index (χ0v) is 12.2. The normalized spacial score (nSPS) is 50.5. The second-order valence-electron chi connectivity index (χ2n) is 7.36. The molecule has 6 unspecified atom stereocenters. The summed E-state index contributed by atoms with van der Waals surface area (Å²) < 4.78 is 60.5. The summed E-state index contributed by atoms with van der Waals surface area (Å²) in [7, 11) is -5.43. The molecule has 2 N–H and O–H groups in total. The molecule has 0 aromatic carbocycles. The third kappa shape index (κ3) is 1.62. The topological polar surface area (TPSA) is 83.8 Å². The molecule has 0 radical (unpaired) electrons. The highest BCUT2D eigenvalue weighted by atomic mass is 32.2. The van der Waals surface area contributed by atoms with Gasteiger partial charge in [-0.1, -0.05) is 0 Å². The average Bonchev–Trinajstić information content (AvgIpc) is 2.76. The fourth-order valence-electron chi connectivity index (χ4n) is 5.91. The summed E-state index contributed by atoms with van der Waals surface area (Å²) >= 11 is 0. The summed E-state index contributed by atoms with van der Waals surface area (Å²) in [6.07, 6.45) is 3.43. The standard InChI is InChI=1S/C13H18F2O5S/c14-13(15,21(17,18)19)6-20-4-8-9-1-7-2-11(16)3-10(8)12(7,9)5-11/h7-10,16H,1-6H2,(H,17,18,19). The van der Waals surface area contributed by atoms with Gasteiger partial charge in [-0.15, -0.1) is 0 Å². The minimum Gasteiger partial charge on any atom is -0.390 e. The number of ether oxygens (including phenoxy) is 1. The average molecular weight is 324 g/mol. The number of aliphatic hydroxyl groups is 1. The first kappa shape index (κ1) is 14.3. The minimum absolute atomic E-state index is 0.0744. The SMILES string of the molecule is O=S(=O)(O)C(F)(F)COCC1C2CC3CC4(O)CC1C32C4. The molecule has 2 bridgehead atoms. The van der Waals surface area contributed by atoms with Crippen LogP contribution in [0.5, 0.6) is 0 Å². The summed E-state index contributed by atoms with van der Waals surface area (Å²) in [4.78, 5) is 0. The van der Waals surface area contributed by atoms with Crippen LogP contribution in [0.15, 0.2) is 0 Å². The summed E-state index contributed by atoms with van der Waals surface area (Å²) in [5, 5.41) is 6.16. The lowest BCUT2D eigenvalue weighted by molar-refractivity contribution is -0.247. The first-order valence-electron chi connectivity index (χ1n) is 7.24. The van der Waals surface area contributed by atoms with E-state index in [1.54, 1.807) is 0 Å². The van der Waals surface area contributed by atoms with Gasteiger partial charge >= 0.3 is 15.4 Å². The predicted octanol–water partition coefficient (Wildman–Crippen LogP) is 1.28. The number of fused-ring (bicyclic) bond motifs is 1. The largest absolute Gasteiger partial charge is 0.392 e. The van der Waals surface area contributed by atoms with Crippen LogP contribution in [0.3, 0.4) is 0 Å².